The van der Waals surface area contributed by atoms with Gasteiger partial charge in [-0.2, -0.15) is 0 Å². The Morgan fingerprint density at radius 3 is 2.43 bits per heavy atom. The third kappa shape index (κ3) is 4.53. The second-order valence-corrected chi connectivity index (χ2v) is 8.65. The lowest BCUT2D eigenvalue weighted by Crippen LogP contribution is -2.48. The molecule has 0 bridgehead atoms. The average Bonchev–Trinajstić information content (AvgIpc) is 3.16. The van der Waals surface area contributed by atoms with E-state index >= 15 is 0 Å². The van der Waals surface area contributed by atoms with Gasteiger partial charge in [-0.1, -0.05) is 53.7 Å². The minimum absolute atomic E-state index is 0.0440. The van der Waals surface area contributed by atoms with Crippen molar-refractivity contribution in [2.75, 3.05) is 18.8 Å². The van der Waals surface area contributed by atoms with Crippen LogP contribution in [0.5, 0.6) is 0 Å². The molecule has 6 nitrogen and oxygen atoms in total. The summed E-state index contributed by atoms with van der Waals surface area (Å²) in [6.07, 6.45) is 0.0880. The smallest absolute Gasteiger partial charge is 0.233 e. The Balaban J connectivity index is 1.61. The highest BCUT2D eigenvalue weighted by Crippen LogP contribution is 2.32. The van der Waals surface area contributed by atoms with Gasteiger partial charge in [0, 0.05) is 24.3 Å². The quantitative estimate of drug-likeness (QED) is 0.551. The third-order valence-corrected chi connectivity index (χ3v) is 6.10. The number of hydrogen-bond acceptors (Lipinski definition) is 5. The molecule has 0 aliphatic carbocycles. The summed E-state index contributed by atoms with van der Waals surface area (Å²) in [4.78, 5) is 14.7. The molecule has 0 spiro atoms. The molecule has 156 valence electrons. The van der Waals surface area contributed by atoms with Gasteiger partial charge in [-0.25, -0.2) is 0 Å². The maximum atomic E-state index is 12.8. The number of carbonyl (C=O) groups is 1. The summed E-state index contributed by atoms with van der Waals surface area (Å²) in [6, 6.07) is 17.4. The molecular formula is C22H23ClN4O2S. The zero-order chi connectivity index (χ0) is 21.1. The number of halogens is 1. The Morgan fingerprint density at radius 1 is 1.07 bits per heavy atom. The van der Waals surface area contributed by atoms with Gasteiger partial charge in [-0.15, -0.1) is 10.2 Å². The van der Waals surface area contributed by atoms with E-state index in [0.717, 1.165) is 11.3 Å². The molecule has 30 heavy (non-hydrogen) atoms. The summed E-state index contributed by atoms with van der Waals surface area (Å²) in [5.74, 6) is 1.01. The number of hydrogen-bond donors (Lipinski definition) is 0. The lowest BCUT2D eigenvalue weighted by molar-refractivity contribution is -0.140. The largest absolute Gasteiger partial charge is 0.372 e. The van der Waals surface area contributed by atoms with Crippen molar-refractivity contribution in [1.82, 2.24) is 19.7 Å². The van der Waals surface area contributed by atoms with Crippen LogP contribution in [0.25, 0.3) is 17.1 Å². The molecule has 1 aromatic heterocycles. The number of rotatable bonds is 5. The molecule has 2 aromatic carbocycles. The number of carbonyl (C=O) groups excluding carboxylic acids is 1. The van der Waals surface area contributed by atoms with Gasteiger partial charge in [0.15, 0.2) is 11.0 Å². The van der Waals surface area contributed by atoms with Crippen molar-refractivity contribution < 1.29 is 9.53 Å². The van der Waals surface area contributed by atoms with Gasteiger partial charge in [0.25, 0.3) is 0 Å². The molecule has 0 radical (unpaired) electrons. The maximum absolute atomic E-state index is 12.8. The number of nitrogens with zero attached hydrogens (tertiary/aromatic N) is 4. The van der Waals surface area contributed by atoms with Crippen LogP contribution in [0.4, 0.5) is 0 Å². The molecule has 8 heteroatoms. The number of thioether (sulfide) groups is 1. The SMILES string of the molecule is CC1CN(C(=O)CSc2nnc(-c3ccccc3Cl)n2-c2ccccc2)CC(C)O1. The van der Waals surface area contributed by atoms with Crippen molar-refractivity contribution in [2.45, 2.75) is 31.2 Å². The second kappa shape index (κ2) is 9.20. The molecule has 1 saturated heterocycles. The third-order valence-electron chi connectivity index (χ3n) is 4.86. The minimum Gasteiger partial charge on any atom is -0.372 e. The molecule has 2 unspecified atom stereocenters. The van der Waals surface area contributed by atoms with Crippen LogP contribution in [0.15, 0.2) is 59.8 Å². The second-order valence-electron chi connectivity index (χ2n) is 7.30. The molecular weight excluding hydrogens is 420 g/mol. The molecule has 1 fully saturated rings. The van der Waals surface area contributed by atoms with Gasteiger partial charge in [0.05, 0.1) is 23.0 Å². The summed E-state index contributed by atoms with van der Waals surface area (Å²) in [6.45, 7) is 5.20. The summed E-state index contributed by atoms with van der Waals surface area (Å²) in [5, 5.41) is 10.0. The Labute approximate surface area is 185 Å². The minimum atomic E-state index is 0.0440. The molecule has 1 aliphatic heterocycles. The number of ether oxygens (including phenoxy) is 1. The van der Waals surface area contributed by atoms with Gasteiger partial charge in [-0.3, -0.25) is 9.36 Å². The zero-order valence-electron chi connectivity index (χ0n) is 16.9. The maximum Gasteiger partial charge on any atom is 0.233 e. The van der Waals surface area contributed by atoms with Crippen molar-refractivity contribution in [2.24, 2.45) is 0 Å². The number of aromatic nitrogens is 3. The molecule has 4 rings (SSSR count). The number of benzene rings is 2. The van der Waals surface area contributed by atoms with Crippen LogP contribution < -0.4 is 0 Å². The highest BCUT2D eigenvalue weighted by atomic mass is 35.5. The Morgan fingerprint density at radius 2 is 1.73 bits per heavy atom. The standard InChI is InChI=1S/C22H23ClN4O2S/c1-15-12-26(13-16(2)29-15)20(28)14-30-22-25-24-21(18-10-6-7-11-19(18)23)27(22)17-8-4-3-5-9-17/h3-11,15-16H,12-14H2,1-2H3. The molecule has 0 N–H and O–H groups in total. The van der Waals surface area contributed by atoms with E-state index in [1.807, 2.05) is 77.9 Å². The summed E-state index contributed by atoms with van der Waals surface area (Å²) in [5.41, 5.74) is 1.71. The van der Waals surface area contributed by atoms with Crippen molar-refractivity contribution in [3.05, 3.63) is 59.6 Å². The highest BCUT2D eigenvalue weighted by Gasteiger charge is 2.26. The number of amides is 1. The fourth-order valence-electron chi connectivity index (χ4n) is 3.59. The van der Waals surface area contributed by atoms with Gasteiger partial charge in [-0.05, 0) is 38.1 Å². The topological polar surface area (TPSA) is 60.2 Å². The van der Waals surface area contributed by atoms with Crippen LogP contribution in [-0.4, -0.2) is 56.6 Å². The number of para-hydroxylation sites is 1. The van der Waals surface area contributed by atoms with E-state index < -0.39 is 0 Å². The van der Waals surface area contributed by atoms with E-state index in [9.17, 15) is 4.79 Å². The first-order chi connectivity index (χ1) is 14.5. The van der Waals surface area contributed by atoms with E-state index in [4.69, 9.17) is 16.3 Å². The lowest BCUT2D eigenvalue weighted by atomic mass is 10.2. The van der Waals surface area contributed by atoms with Crippen molar-refractivity contribution >= 4 is 29.3 Å². The van der Waals surface area contributed by atoms with Crippen molar-refractivity contribution in [3.63, 3.8) is 0 Å². The fraction of sp³-hybridized carbons (Fsp3) is 0.318. The Hall–Kier alpha value is -2.35. The van der Waals surface area contributed by atoms with Gasteiger partial charge < -0.3 is 9.64 Å². The normalized spacial score (nSPS) is 19.1. The van der Waals surface area contributed by atoms with E-state index in [1.165, 1.54) is 11.8 Å². The van der Waals surface area contributed by atoms with Crippen molar-refractivity contribution in [1.29, 1.82) is 0 Å². The first kappa shape index (κ1) is 20.9. The summed E-state index contributed by atoms with van der Waals surface area (Å²) >= 11 is 7.80. The van der Waals surface area contributed by atoms with Crippen LogP contribution in [0.3, 0.4) is 0 Å². The average molecular weight is 443 g/mol. The van der Waals surface area contributed by atoms with Gasteiger partial charge in [0.1, 0.15) is 0 Å². The van der Waals surface area contributed by atoms with E-state index in [1.54, 1.807) is 0 Å². The predicted molar refractivity (Wildman–Crippen MR) is 119 cm³/mol. The van der Waals surface area contributed by atoms with Crippen LogP contribution in [0, 0.1) is 0 Å². The van der Waals surface area contributed by atoms with E-state index in [2.05, 4.69) is 10.2 Å². The molecule has 2 atom stereocenters. The fourth-order valence-corrected chi connectivity index (χ4v) is 4.66. The van der Waals surface area contributed by atoms with Crippen LogP contribution >= 0.6 is 23.4 Å². The lowest BCUT2D eigenvalue weighted by Gasteiger charge is -2.35. The molecule has 2 heterocycles. The van der Waals surface area contributed by atoms with Crippen molar-refractivity contribution in [3.8, 4) is 17.1 Å². The summed E-state index contributed by atoms with van der Waals surface area (Å²) in [7, 11) is 0. The number of morpholine rings is 1. The zero-order valence-corrected chi connectivity index (χ0v) is 18.4. The van der Waals surface area contributed by atoms with Crippen LogP contribution in [0.1, 0.15) is 13.8 Å². The van der Waals surface area contributed by atoms with E-state index in [-0.39, 0.29) is 23.9 Å². The monoisotopic (exact) mass is 442 g/mol. The summed E-state index contributed by atoms with van der Waals surface area (Å²) < 4.78 is 7.68. The van der Waals surface area contributed by atoms with Crippen LogP contribution in [0.2, 0.25) is 5.02 Å². The predicted octanol–water partition coefficient (Wildman–Crippen LogP) is 4.32. The van der Waals surface area contributed by atoms with Gasteiger partial charge >= 0.3 is 0 Å². The molecule has 1 amide bonds. The van der Waals surface area contributed by atoms with Crippen LogP contribution in [-0.2, 0) is 9.53 Å². The first-order valence-electron chi connectivity index (χ1n) is 9.84. The Kier molecular flexibility index (Phi) is 6.41. The Bertz CT molecular complexity index is 1020. The molecule has 0 saturated carbocycles. The highest BCUT2D eigenvalue weighted by molar-refractivity contribution is 7.99. The van der Waals surface area contributed by atoms with E-state index in [0.29, 0.717) is 29.1 Å². The molecule has 3 aromatic rings. The molecule has 1 aliphatic rings. The first-order valence-corrected chi connectivity index (χ1v) is 11.2. The van der Waals surface area contributed by atoms with Gasteiger partial charge in [0.2, 0.25) is 5.91 Å².